The van der Waals surface area contributed by atoms with Gasteiger partial charge in [-0.25, -0.2) is 0 Å². The summed E-state index contributed by atoms with van der Waals surface area (Å²) in [4.78, 5) is 0. The van der Waals surface area contributed by atoms with Gasteiger partial charge in [-0.05, 0) is 6.42 Å². The number of hydrogen-bond acceptors (Lipinski definition) is 3. The van der Waals surface area contributed by atoms with Crippen LogP contribution in [0.3, 0.4) is 0 Å². The molecule has 0 unspecified atom stereocenters. The zero-order valence-electron chi connectivity index (χ0n) is 19.2. The Balaban J connectivity index is 3.07. The van der Waals surface area contributed by atoms with Gasteiger partial charge in [-0.3, -0.25) is 4.18 Å². The Morgan fingerprint density at radius 3 is 0.964 bits per heavy atom. The summed E-state index contributed by atoms with van der Waals surface area (Å²) in [7, 11) is -2.00. The highest BCUT2D eigenvalue weighted by Crippen LogP contribution is 2.15. The molecule has 28 heavy (non-hydrogen) atoms. The van der Waals surface area contributed by atoms with Crippen LogP contribution in [0.2, 0.25) is 0 Å². The van der Waals surface area contributed by atoms with Crippen molar-refractivity contribution in [3.05, 3.63) is 0 Å². The molecule has 4 heteroatoms. The van der Waals surface area contributed by atoms with Crippen molar-refractivity contribution in [2.45, 2.75) is 142 Å². The molecule has 0 amide bonds. The molecule has 0 spiro atoms. The third kappa shape index (κ3) is 22.2. The van der Waals surface area contributed by atoms with E-state index in [9.17, 15) is 8.42 Å². The number of hydrogen-bond donors (Lipinski definition) is 0. The lowest BCUT2D eigenvalue weighted by molar-refractivity contribution is 0.396. The molecule has 0 radical (unpaired) electrons. The Labute approximate surface area is 177 Å². The summed E-state index contributed by atoms with van der Waals surface area (Å²) in [6, 6.07) is 0. The molecule has 0 aromatic carbocycles. The van der Waals surface area contributed by atoms with E-state index in [4.69, 9.17) is 0 Å². The first kappa shape index (κ1) is 27.9. The lowest BCUT2D eigenvalue weighted by atomic mass is 10.0. The Kier molecular flexibility index (Phi) is 21.5. The summed E-state index contributed by atoms with van der Waals surface area (Å²) < 4.78 is 26.8. The summed E-state index contributed by atoms with van der Waals surface area (Å²) in [6.07, 6.45) is 28.2. The smallest absolute Gasteiger partial charge is 0.267 e. The van der Waals surface area contributed by atoms with Gasteiger partial charge in [-0.2, -0.15) is 8.42 Å². The van der Waals surface area contributed by atoms with E-state index in [0.29, 0.717) is 0 Å². The molecule has 0 rings (SSSR count). The Morgan fingerprint density at radius 1 is 0.464 bits per heavy atom. The van der Waals surface area contributed by atoms with Crippen LogP contribution in [0.15, 0.2) is 0 Å². The standard InChI is InChI=1S/C24H50O3S/c1-3-4-5-6-7-8-9-10-11-12-13-14-15-16-17-18-19-20-21-22-23-24-28(25,26)27-2/h3-24H2,1-2H3. The quantitative estimate of drug-likeness (QED) is 0.124. The van der Waals surface area contributed by atoms with Crippen LogP contribution >= 0.6 is 0 Å². The second-order valence-electron chi connectivity index (χ2n) is 8.50. The molecule has 0 aliphatic carbocycles. The molecule has 0 saturated carbocycles. The maximum absolute atomic E-state index is 11.2. The fourth-order valence-corrected chi connectivity index (χ4v) is 4.52. The average Bonchev–Trinajstić information content (AvgIpc) is 2.69. The van der Waals surface area contributed by atoms with E-state index in [2.05, 4.69) is 11.1 Å². The molecule has 0 saturated heterocycles. The van der Waals surface area contributed by atoms with Crippen molar-refractivity contribution >= 4 is 10.1 Å². The molecule has 0 aliphatic rings. The van der Waals surface area contributed by atoms with Crippen LogP contribution < -0.4 is 0 Å². The van der Waals surface area contributed by atoms with Crippen LogP contribution in [-0.2, 0) is 14.3 Å². The second kappa shape index (κ2) is 21.6. The van der Waals surface area contributed by atoms with Crippen LogP contribution in [0.1, 0.15) is 142 Å². The van der Waals surface area contributed by atoms with Gasteiger partial charge < -0.3 is 0 Å². The van der Waals surface area contributed by atoms with Gasteiger partial charge in [0.25, 0.3) is 10.1 Å². The summed E-state index contributed by atoms with van der Waals surface area (Å²) in [5.74, 6) is 0.169. The molecule has 170 valence electrons. The minimum atomic E-state index is -3.24. The highest BCUT2D eigenvalue weighted by atomic mass is 32.2. The van der Waals surface area contributed by atoms with Crippen molar-refractivity contribution in [3.8, 4) is 0 Å². The van der Waals surface area contributed by atoms with E-state index in [1.807, 2.05) is 0 Å². The first-order valence-electron chi connectivity index (χ1n) is 12.4. The summed E-state index contributed by atoms with van der Waals surface area (Å²) >= 11 is 0. The predicted molar refractivity (Wildman–Crippen MR) is 123 cm³/mol. The van der Waals surface area contributed by atoms with Gasteiger partial charge in [0, 0.05) is 0 Å². The maximum Gasteiger partial charge on any atom is 0.267 e. The molecule has 0 aromatic heterocycles. The fourth-order valence-electron chi connectivity index (χ4n) is 3.79. The predicted octanol–water partition coefficient (Wildman–Crippen LogP) is 8.17. The zero-order valence-corrected chi connectivity index (χ0v) is 20.0. The van der Waals surface area contributed by atoms with Crippen molar-refractivity contribution in [2.24, 2.45) is 0 Å². The third-order valence-electron chi connectivity index (χ3n) is 5.75. The van der Waals surface area contributed by atoms with E-state index >= 15 is 0 Å². The summed E-state index contributed by atoms with van der Waals surface area (Å²) in [6.45, 7) is 2.28. The normalized spacial score (nSPS) is 11.9. The van der Waals surface area contributed by atoms with Gasteiger partial charge >= 0.3 is 0 Å². The topological polar surface area (TPSA) is 43.4 Å². The molecule has 0 aromatic rings. The minimum absolute atomic E-state index is 0.169. The van der Waals surface area contributed by atoms with E-state index < -0.39 is 10.1 Å². The SMILES string of the molecule is CCCCCCCCCCCCCCCCCCCCCCCS(=O)(=O)OC. The van der Waals surface area contributed by atoms with Gasteiger partial charge in [-0.1, -0.05) is 135 Å². The molecule has 0 bridgehead atoms. The Bertz CT molecular complexity index is 393. The molecule has 0 fully saturated rings. The third-order valence-corrected chi connectivity index (χ3v) is 7.05. The van der Waals surface area contributed by atoms with Crippen LogP contribution in [-0.4, -0.2) is 21.3 Å². The van der Waals surface area contributed by atoms with Crippen molar-refractivity contribution in [1.29, 1.82) is 0 Å². The Morgan fingerprint density at radius 2 is 0.714 bits per heavy atom. The molecule has 0 heterocycles. The van der Waals surface area contributed by atoms with E-state index in [1.165, 1.54) is 123 Å². The van der Waals surface area contributed by atoms with Crippen LogP contribution in [0.4, 0.5) is 0 Å². The van der Waals surface area contributed by atoms with Gasteiger partial charge in [0.15, 0.2) is 0 Å². The van der Waals surface area contributed by atoms with Gasteiger partial charge in [0.1, 0.15) is 0 Å². The minimum Gasteiger partial charge on any atom is -0.273 e. The van der Waals surface area contributed by atoms with Crippen molar-refractivity contribution in [2.75, 3.05) is 12.9 Å². The van der Waals surface area contributed by atoms with Crippen molar-refractivity contribution in [3.63, 3.8) is 0 Å². The first-order chi connectivity index (χ1) is 13.6. The summed E-state index contributed by atoms with van der Waals surface area (Å²) in [5, 5.41) is 0. The highest BCUT2D eigenvalue weighted by Gasteiger charge is 2.06. The lowest BCUT2D eigenvalue weighted by Crippen LogP contribution is -2.07. The van der Waals surface area contributed by atoms with Crippen LogP contribution in [0.25, 0.3) is 0 Å². The van der Waals surface area contributed by atoms with Crippen LogP contribution in [0.5, 0.6) is 0 Å². The van der Waals surface area contributed by atoms with E-state index in [1.54, 1.807) is 0 Å². The highest BCUT2D eigenvalue weighted by molar-refractivity contribution is 7.86. The van der Waals surface area contributed by atoms with Gasteiger partial charge in [0.2, 0.25) is 0 Å². The van der Waals surface area contributed by atoms with Crippen LogP contribution in [0, 0.1) is 0 Å². The van der Waals surface area contributed by atoms with Gasteiger partial charge in [-0.15, -0.1) is 0 Å². The molecule has 0 atom stereocenters. The zero-order chi connectivity index (χ0) is 20.8. The average molecular weight is 419 g/mol. The van der Waals surface area contributed by atoms with Gasteiger partial charge in [0.05, 0.1) is 12.9 Å². The number of unbranched alkanes of at least 4 members (excludes halogenated alkanes) is 20. The molecule has 3 nitrogen and oxygen atoms in total. The molecular weight excluding hydrogens is 368 g/mol. The van der Waals surface area contributed by atoms with E-state index in [-0.39, 0.29) is 5.75 Å². The Hall–Kier alpha value is -0.0900. The fraction of sp³-hybridized carbons (Fsp3) is 1.00. The maximum atomic E-state index is 11.2. The summed E-state index contributed by atoms with van der Waals surface area (Å²) in [5.41, 5.74) is 0. The van der Waals surface area contributed by atoms with Crippen molar-refractivity contribution in [1.82, 2.24) is 0 Å². The molecule has 0 N–H and O–H groups in total. The second-order valence-corrected chi connectivity index (χ2v) is 10.4. The first-order valence-corrected chi connectivity index (χ1v) is 14.0. The largest absolute Gasteiger partial charge is 0.273 e. The molecular formula is C24H50O3S. The lowest BCUT2D eigenvalue weighted by Gasteiger charge is -2.04. The monoisotopic (exact) mass is 418 g/mol. The number of rotatable bonds is 23. The van der Waals surface area contributed by atoms with E-state index in [0.717, 1.165) is 19.3 Å². The van der Waals surface area contributed by atoms with Crippen molar-refractivity contribution < 1.29 is 12.6 Å². The molecule has 0 aliphatic heterocycles.